The van der Waals surface area contributed by atoms with Gasteiger partial charge >= 0.3 is 0 Å². The lowest BCUT2D eigenvalue weighted by atomic mass is 9.41. The van der Waals surface area contributed by atoms with Gasteiger partial charge in [-0.2, -0.15) is 0 Å². The average molecular weight is 272 g/mol. The van der Waals surface area contributed by atoms with Gasteiger partial charge in [0.05, 0.1) is 0 Å². The molecule has 0 saturated heterocycles. The molecule has 0 heterocycles. The highest BCUT2D eigenvalue weighted by Crippen LogP contribution is 2.88. The molecule has 0 aromatic heterocycles. The summed E-state index contributed by atoms with van der Waals surface area (Å²) in [6, 6.07) is 0. The SMILES string of the molecule is O=C1[C@@H]2[C@@H]3[C@@H]4[C@@H](I)[C@H]2[C@H]2[C@@H]1[C@@H]3[C@H]42. The van der Waals surface area contributed by atoms with Gasteiger partial charge in [-0.1, -0.05) is 22.6 Å². The van der Waals surface area contributed by atoms with E-state index in [9.17, 15) is 4.79 Å². The van der Waals surface area contributed by atoms with Gasteiger partial charge in [0.2, 0.25) is 0 Å². The summed E-state index contributed by atoms with van der Waals surface area (Å²) in [7, 11) is 0. The van der Waals surface area contributed by atoms with Crippen LogP contribution in [0.4, 0.5) is 0 Å². The maximum absolute atomic E-state index is 11.8. The molecule has 0 unspecified atom stereocenters. The topological polar surface area (TPSA) is 17.1 Å². The highest BCUT2D eigenvalue weighted by atomic mass is 127. The molecule has 6 aliphatic rings. The molecule has 6 aliphatic carbocycles. The normalized spacial score (nSPS) is 84.4. The maximum Gasteiger partial charge on any atom is 0.140 e. The van der Waals surface area contributed by atoms with Gasteiger partial charge in [-0.15, -0.1) is 0 Å². The molecule has 62 valence electrons. The summed E-state index contributed by atoms with van der Waals surface area (Å²) in [5, 5.41) is 0. The van der Waals surface area contributed by atoms with Crippen molar-refractivity contribution in [1.82, 2.24) is 0 Å². The van der Waals surface area contributed by atoms with Crippen molar-refractivity contribution in [2.75, 3.05) is 0 Å². The predicted octanol–water partition coefficient (Wildman–Crippen LogP) is 1.36. The summed E-state index contributed by atoms with van der Waals surface area (Å²) in [6.45, 7) is 0. The first-order valence-corrected chi connectivity index (χ1v) is 6.25. The fourth-order valence-electron chi connectivity index (χ4n) is 5.77. The van der Waals surface area contributed by atoms with E-state index in [-0.39, 0.29) is 0 Å². The Morgan fingerprint density at radius 2 is 1.42 bits per heavy atom. The highest BCUT2D eigenvalue weighted by molar-refractivity contribution is 14.1. The van der Waals surface area contributed by atoms with Gasteiger partial charge < -0.3 is 0 Å². The van der Waals surface area contributed by atoms with Gasteiger partial charge in [-0.25, -0.2) is 0 Å². The van der Waals surface area contributed by atoms with Crippen molar-refractivity contribution in [1.29, 1.82) is 0 Å². The second-order valence-electron chi connectivity index (χ2n) is 5.36. The summed E-state index contributed by atoms with van der Waals surface area (Å²) in [6.07, 6.45) is 0. The monoisotopic (exact) mass is 272 g/mol. The van der Waals surface area contributed by atoms with E-state index in [1.165, 1.54) is 0 Å². The Bertz CT molecular complexity index is 337. The molecule has 1 nitrogen and oxygen atoms in total. The Morgan fingerprint density at radius 1 is 0.833 bits per heavy atom. The zero-order valence-electron chi connectivity index (χ0n) is 6.48. The molecule has 0 aromatic carbocycles. The molecule has 12 heavy (non-hydrogen) atoms. The Labute approximate surface area is 84.4 Å². The van der Waals surface area contributed by atoms with Crippen molar-refractivity contribution < 1.29 is 4.79 Å². The third-order valence-corrected chi connectivity index (χ3v) is 7.38. The molecule has 0 aliphatic heterocycles. The second kappa shape index (κ2) is 1.33. The minimum atomic E-state index is 0.571. The fraction of sp³-hybridized carbons (Fsp3) is 0.900. The van der Waals surface area contributed by atoms with Crippen LogP contribution in [0.2, 0.25) is 0 Å². The number of alkyl halides is 1. The third-order valence-electron chi connectivity index (χ3n) is 5.72. The Hall–Kier alpha value is 0.400. The Kier molecular flexibility index (Phi) is 0.666. The van der Waals surface area contributed by atoms with E-state index in [1.807, 2.05) is 0 Å². The quantitative estimate of drug-likeness (QED) is 0.480. The summed E-state index contributed by atoms with van der Waals surface area (Å²) in [5.74, 6) is 7.44. The first-order valence-electron chi connectivity index (χ1n) is 5.00. The van der Waals surface area contributed by atoms with Crippen molar-refractivity contribution >= 4 is 28.4 Å². The van der Waals surface area contributed by atoms with Crippen LogP contribution in [0.5, 0.6) is 0 Å². The zero-order valence-corrected chi connectivity index (χ0v) is 8.64. The molecule has 0 radical (unpaired) electrons. The fourth-order valence-corrected chi connectivity index (χ4v) is 7.65. The summed E-state index contributed by atoms with van der Waals surface area (Å²) in [5.41, 5.74) is 0. The predicted molar refractivity (Wildman–Crippen MR) is 50.7 cm³/mol. The summed E-state index contributed by atoms with van der Waals surface area (Å²) < 4.78 is 0.889. The lowest BCUT2D eigenvalue weighted by Gasteiger charge is -2.62. The molecule has 2 heteroatoms. The van der Waals surface area contributed by atoms with Crippen molar-refractivity contribution in [3.05, 3.63) is 0 Å². The van der Waals surface area contributed by atoms with E-state index < -0.39 is 0 Å². The molecule has 0 N–H and O–H groups in total. The van der Waals surface area contributed by atoms with Crippen LogP contribution < -0.4 is 0 Å². The molecule has 0 amide bonds. The van der Waals surface area contributed by atoms with Crippen molar-refractivity contribution in [3.8, 4) is 0 Å². The minimum Gasteiger partial charge on any atom is -0.299 e. The number of rotatable bonds is 0. The molecule has 9 atom stereocenters. The van der Waals surface area contributed by atoms with E-state index in [2.05, 4.69) is 22.6 Å². The molecule has 6 fully saturated rings. The van der Waals surface area contributed by atoms with Gasteiger partial charge in [-0.05, 0) is 35.5 Å². The molecular formula is C10H9IO. The molecule has 0 aromatic rings. The standard InChI is InChI=1S/C10H9IO/c11-9-5-1-2-4(5)8-6(9)3(1)7(2)10(8)12/h1-9H/t1-,2+,3-,4-,5+,6-,7-,8+,9+/m0/s1. The minimum absolute atomic E-state index is 0.571. The van der Waals surface area contributed by atoms with Gasteiger partial charge in [0.1, 0.15) is 5.78 Å². The number of carbonyl (C=O) groups is 1. The van der Waals surface area contributed by atoms with Crippen LogP contribution in [0, 0.1) is 47.3 Å². The van der Waals surface area contributed by atoms with Crippen LogP contribution in [-0.4, -0.2) is 9.71 Å². The third kappa shape index (κ3) is 0.289. The van der Waals surface area contributed by atoms with Crippen LogP contribution in [0.1, 0.15) is 0 Å². The summed E-state index contributed by atoms with van der Waals surface area (Å²) >= 11 is 2.63. The van der Waals surface area contributed by atoms with Crippen LogP contribution in [-0.2, 0) is 4.79 Å². The highest BCUT2D eigenvalue weighted by Gasteiger charge is 2.89. The smallest absolute Gasteiger partial charge is 0.140 e. The Morgan fingerprint density at radius 3 is 2.00 bits per heavy atom. The van der Waals surface area contributed by atoms with Crippen LogP contribution >= 0.6 is 22.6 Å². The number of hydrogen-bond acceptors (Lipinski definition) is 1. The maximum atomic E-state index is 11.8. The number of halogens is 1. The number of carbonyl (C=O) groups excluding carboxylic acids is 1. The lowest BCUT2D eigenvalue weighted by Crippen LogP contribution is -2.61. The van der Waals surface area contributed by atoms with E-state index in [0.29, 0.717) is 17.6 Å². The first-order chi connectivity index (χ1) is 5.82. The second-order valence-corrected chi connectivity index (χ2v) is 6.80. The largest absolute Gasteiger partial charge is 0.299 e. The van der Waals surface area contributed by atoms with Gasteiger partial charge in [0.15, 0.2) is 0 Å². The average Bonchev–Trinajstić information content (AvgIpc) is 2.45. The van der Waals surface area contributed by atoms with Gasteiger partial charge in [-0.3, -0.25) is 4.79 Å². The van der Waals surface area contributed by atoms with E-state index in [1.54, 1.807) is 0 Å². The van der Waals surface area contributed by atoms with Crippen molar-refractivity contribution in [3.63, 3.8) is 0 Å². The number of Topliss-reactive ketones (excluding diaryl/α,β-unsaturated/α-hetero) is 1. The molecule has 4 bridgehead atoms. The Balaban J connectivity index is 1.88. The van der Waals surface area contributed by atoms with Crippen LogP contribution in [0.25, 0.3) is 0 Å². The van der Waals surface area contributed by atoms with Crippen LogP contribution in [0.15, 0.2) is 0 Å². The van der Waals surface area contributed by atoms with Crippen LogP contribution in [0.3, 0.4) is 0 Å². The number of hydrogen-bond donors (Lipinski definition) is 0. The number of ketones is 1. The van der Waals surface area contributed by atoms with E-state index in [4.69, 9.17) is 0 Å². The zero-order chi connectivity index (χ0) is 7.77. The lowest BCUT2D eigenvalue weighted by molar-refractivity contribution is -0.170. The first kappa shape index (κ1) is 5.99. The van der Waals surface area contributed by atoms with Gasteiger partial charge in [0, 0.05) is 15.8 Å². The molecule has 0 spiro atoms. The van der Waals surface area contributed by atoms with E-state index >= 15 is 0 Å². The molecule has 6 saturated carbocycles. The summed E-state index contributed by atoms with van der Waals surface area (Å²) in [4.78, 5) is 11.8. The molecule has 6 rings (SSSR count). The van der Waals surface area contributed by atoms with Gasteiger partial charge in [0.25, 0.3) is 0 Å². The van der Waals surface area contributed by atoms with Crippen molar-refractivity contribution in [2.24, 2.45) is 47.3 Å². The van der Waals surface area contributed by atoms with Crippen molar-refractivity contribution in [2.45, 2.75) is 3.92 Å². The van der Waals surface area contributed by atoms with E-state index in [0.717, 1.165) is 39.4 Å². The molecular weight excluding hydrogens is 263 g/mol.